The average molecular weight is 694 g/mol. The van der Waals surface area contributed by atoms with Gasteiger partial charge in [-0.25, -0.2) is 0 Å². The summed E-state index contributed by atoms with van der Waals surface area (Å²) in [5.74, 6) is 8.59. The number of ether oxygens (including phenoxy) is 1. The lowest BCUT2D eigenvalue weighted by molar-refractivity contribution is -0.124. The quantitative estimate of drug-likeness (QED) is 0.160. The molecule has 2 saturated carbocycles. The minimum Gasteiger partial charge on any atom is -0.508 e. The molecule has 9 atom stereocenters. The number of nitrogens with one attached hydrogen (secondary N) is 1. The minimum absolute atomic E-state index is 0.000998. The lowest BCUT2D eigenvalue weighted by atomic mass is 9.61. The summed E-state index contributed by atoms with van der Waals surface area (Å²) in [6.07, 6.45) is 7.10. The van der Waals surface area contributed by atoms with Crippen LogP contribution in [0.5, 0.6) is 17.2 Å². The number of hydrogen-bond acceptors (Lipinski definition) is 8. The van der Waals surface area contributed by atoms with Gasteiger partial charge in [0.1, 0.15) is 17.5 Å². The number of aryl methyl sites for hydroxylation is 1. The molecule has 270 valence electrons. The van der Waals surface area contributed by atoms with Gasteiger partial charge in [0.15, 0.2) is 17.3 Å². The summed E-state index contributed by atoms with van der Waals surface area (Å²) in [7, 11) is 1.50. The Labute approximate surface area is 300 Å². The number of phenols is 2. The van der Waals surface area contributed by atoms with E-state index in [-0.39, 0.29) is 29.6 Å². The van der Waals surface area contributed by atoms with E-state index in [1.807, 2.05) is 24.3 Å². The zero-order valence-corrected chi connectivity index (χ0v) is 29.5. The number of phenolic OH excluding ortho intramolecular Hbond substituents is 2. The van der Waals surface area contributed by atoms with E-state index >= 15 is 0 Å². The number of fused-ring (bicyclic) bond motifs is 5. The minimum atomic E-state index is -0.867. The summed E-state index contributed by atoms with van der Waals surface area (Å²) in [6.45, 7) is 0.965. The van der Waals surface area contributed by atoms with Gasteiger partial charge in [-0.3, -0.25) is 9.59 Å². The van der Waals surface area contributed by atoms with E-state index in [4.69, 9.17) is 4.74 Å². The maximum Gasteiger partial charge on any atom is 0.160 e. The molecule has 0 aromatic heterocycles. The zero-order valence-electron chi connectivity index (χ0n) is 29.5. The van der Waals surface area contributed by atoms with E-state index in [0.29, 0.717) is 73.4 Å². The van der Waals surface area contributed by atoms with Crippen molar-refractivity contribution in [3.05, 3.63) is 65.2 Å². The van der Waals surface area contributed by atoms with E-state index < -0.39 is 18.1 Å². The largest absolute Gasteiger partial charge is 0.508 e. The van der Waals surface area contributed by atoms with Gasteiger partial charge in [-0.2, -0.15) is 0 Å². The Bertz CT molecular complexity index is 1830. The molecule has 8 nitrogen and oxygen atoms in total. The van der Waals surface area contributed by atoms with Crippen LogP contribution < -0.4 is 10.1 Å². The number of aliphatic hydroxyl groups is 2. The summed E-state index contributed by atoms with van der Waals surface area (Å²) in [4.78, 5) is 25.7. The van der Waals surface area contributed by atoms with Crippen molar-refractivity contribution in [3.63, 3.8) is 0 Å². The fourth-order valence-electron chi connectivity index (χ4n) is 9.67. The van der Waals surface area contributed by atoms with E-state index in [9.17, 15) is 30.0 Å². The van der Waals surface area contributed by atoms with Crippen molar-refractivity contribution in [3.8, 4) is 29.1 Å². The molecule has 1 aliphatic heterocycles. The van der Waals surface area contributed by atoms with Crippen LogP contribution in [0, 0.1) is 41.4 Å². The van der Waals surface area contributed by atoms with Crippen LogP contribution in [0.1, 0.15) is 99.3 Å². The number of aromatic hydroxyl groups is 2. The molecule has 4 aliphatic rings. The summed E-state index contributed by atoms with van der Waals surface area (Å²) < 4.78 is 5.40. The first kappa shape index (κ1) is 35.5. The van der Waals surface area contributed by atoms with Crippen LogP contribution in [0.2, 0.25) is 0 Å². The first-order valence-electron chi connectivity index (χ1n) is 18.9. The molecule has 0 unspecified atom stereocenters. The second kappa shape index (κ2) is 15.4. The smallest absolute Gasteiger partial charge is 0.160 e. The monoisotopic (exact) mass is 693 g/mol. The predicted molar refractivity (Wildman–Crippen MR) is 196 cm³/mol. The Balaban J connectivity index is 1.04. The van der Waals surface area contributed by atoms with Crippen LogP contribution in [0.4, 0.5) is 0 Å². The lowest BCUT2D eigenvalue weighted by Gasteiger charge is -2.49. The van der Waals surface area contributed by atoms with E-state index in [1.54, 1.807) is 24.3 Å². The number of rotatable bonds is 9. The molecule has 0 radical (unpaired) electrons. The normalized spacial score (nSPS) is 28.9. The number of methoxy groups -OCH3 is 1. The van der Waals surface area contributed by atoms with Crippen molar-refractivity contribution in [1.29, 1.82) is 0 Å². The number of hydrogen-bond donors (Lipinski definition) is 5. The molecule has 51 heavy (non-hydrogen) atoms. The van der Waals surface area contributed by atoms with Gasteiger partial charge >= 0.3 is 0 Å². The molecule has 8 heteroatoms. The Morgan fingerprint density at radius 1 is 0.882 bits per heavy atom. The standard InChI is InChI=1S/C43H51NO7/c1-51-43-21-29-9-17-41(49)36(40(48)15-3-25-2-12-34-31(18-25)24-44-38-22-33(46)11-14-35(34)38)13-7-26(37(29)23-42(43)50)8-16-39(47)30-5-4-28-20-32(45)10-6-27(28)19-30/h4-6,10,19-21,23,25-26,31,34-36,38-40,44-45,47-48,50H,2-3,8-9,11-12,14-18,22,24H2,1H3/t25-,26-,31-,34+,35-,36+,38+,39-,40+/m0/s1. The van der Waals surface area contributed by atoms with Crippen LogP contribution in [-0.2, 0) is 16.0 Å². The highest BCUT2D eigenvalue weighted by Crippen LogP contribution is 2.46. The first-order chi connectivity index (χ1) is 24.7. The number of aliphatic hydroxyl groups excluding tert-OH is 2. The molecule has 0 amide bonds. The van der Waals surface area contributed by atoms with Crippen molar-refractivity contribution in [2.45, 2.75) is 101 Å². The van der Waals surface area contributed by atoms with Gasteiger partial charge in [0.25, 0.3) is 0 Å². The number of carbonyl (C=O) groups is 2. The highest BCUT2D eigenvalue weighted by Gasteiger charge is 2.44. The summed E-state index contributed by atoms with van der Waals surface area (Å²) >= 11 is 0. The van der Waals surface area contributed by atoms with Gasteiger partial charge in [-0.1, -0.05) is 36.5 Å². The third-order valence-electron chi connectivity index (χ3n) is 12.5. The van der Waals surface area contributed by atoms with Crippen molar-refractivity contribution < 1.29 is 34.8 Å². The summed E-state index contributed by atoms with van der Waals surface area (Å²) in [5, 5.41) is 48.9. The topological polar surface area (TPSA) is 136 Å². The molecule has 5 N–H and O–H groups in total. The third-order valence-corrected chi connectivity index (χ3v) is 12.5. The molecule has 3 aromatic carbocycles. The first-order valence-corrected chi connectivity index (χ1v) is 18.9. The summed E-state index contributed by atoms with van der Waals surface area (Å²) in [6, 6.07) is 14.6. The van der Waals surface area contributed by atoms with Gasteiger partial charge in [0.2, 0.25) is 0 Å². The van der Waals surface area contributed by atoms with Crippen molar-refractivity contribution in [1.82, 2.24) is 5.32 Å². The van der Waals surface area contributed by atoms with Crippen LogP contribution >= 0.6 is 0 Å². The predicted octanol–water partition coefficient (Wildman–Crippen LogP) is 6.51. The second-order valence-electron chi connectivity index (χ2n) is 15.6. The van der Waals surface area contributed by atoms with E-state index in [1.165, 1.54) is 13.5 Å². The fraction of sp³-hybridized carbons (Fsp3) is 0.535. The van der Waals surface area contributed by atoms with Gasteiger partial charge < -0.3 is 30.5 Å². The van der Waals surface area contributed by atoms with E-state index in [0.717, 1.165) is 66.1 Å². The molecule has 7 rings (SSSR count). The molecule has 0 bridgehead atoms. The Morgan fingerprint density at radius 2 is 1.71 bits per heavy atom. The summed E-state index contributed by atoms with van der Waals surface area (Å²) in [5.41, 5.74) is 2.44. The number of Topliss-reactive ketones (excluding diaryl/α,β-unsaturated/α-hetero) is 2. The Morgan fingerprint density at radius 3 is 2.55 bits per heavy atom. The number of carbonyl (C=O) groups excluding carboxylic acids is 2. The van der Waals surface area contributed by atoms with Gasteiger partial charge in [0, 0.05) is 31.2 Å². The lowest BCUT2D eigenvalue weighted by Crippen LogP contribution is -2.54. The number of piperidine rings is 1. The fourth-order valence-corrected chi connectivity index (χ4v) is 9.67. The number of benzene rings is 3. The number of ketones is 2. The van der Waals surface area contributed by atoms with Crippen LogP contribution in [0.3, 0.4) is 0 Å². The molecule has 3 aromatic rings. The molecular weight excluding hydrogens is 642 g/mol. The Kier molecular flexibility index (Phi) is 10.7. The van der Waals surface area contributed by atoms with Crippen molar-refractivity contribution >= 4 is 22.3 Å². The van der Waals surface area contributed by atoms with Crippen LogP contribution in [0.25, 0.3) is 10.8 Å². The van der Waals surface area contributed by atoms with Crippen molar-refractivity contribution in [2.24, 2.45) is 29.6 Å². The maximum atomic E-state index is 13.6. The van der Waals surface area contributed by atoms with Gasteiger partial charge in [-0.15, -0.1) is 0 Å². The highest BCUT2D eigenvalue weighted by molar-refractivity contribution is 5.85. The van der Waals surface area contributed by atoms with Crippen molar-refractivity contribution in [2.75, 3.05) is 13.7 Å². The Hall–Kier alpha value is -3.90. The zero-order chi connectivity index (χ0) is 35.6. The molecule has 1 saturated heterocycles. The molecule has 3 fully saturated rings. The molecule has 3 aliphatic carbocycles. The molecule has 0 spiro atoms. The molecular formula is C43H51NO7. The van der Waals surface area contributed by atoms with Crippen LogP contribution in [-0.4, -0.2) is 57.8 Å². The van der Waals surface area contributed by atoms with Gasteiger partial charge in [-0.05, 0) is 139 Å². The van der Waals surface area contributed by atoms with E-state index in [2.05, 4.69) is 17.2 Å². The SMILES string of the molecule is COc1cc2c(cc1O)[C@H](CC[C@H](O)c1ccc3cc(O)ccc3c1)C#C[C@H]([C@H](O)CC[C@@H]1CC[C@@H]3[C@H](CN[C@@H]4CC(=O)CC[C@@H]34)C1)C(=O)CC2. The highest BCUT2D eigenvalue weighted by atomic mass is 16.5. The third kappa shape index (κ3) is 7.82. The maximum absolute atomic E-state index is 13.6. The van der Waals surface area contributed by atoms with Crippen LogP contribution in [0.15, 0.2) is 48.5 Å². The molecule has 1 heterocycles. The second-order valence-corrected chi connectivity index (χ2v) is 15.6. The van der Waals surface area contributed by atoms with Gasteiger partial charge in [0.05, 0.1) is 19.3 Å². The average Bonchev–Trinajstić information content (AvgIpc) is 3.19.